The Labute approximate surface area is 227 Å². The lowest BCUT2D eigenvalue weighted by Crippen LogP contribution is -2.49. The number of unbranched alkanes of at least 4 members (excludes halogenated alkanes) is 2. The van der Waals surface area contributed by atoms with Gasteiger partial charge >= 0.3 is 0 Å². The second kappa shape index (κ2) is 16.7. The van der Waals surface area contributed by atoms with E-state index in [2.05, 4.69) is 53.5 Å². The number of benzene rings is 1. The van der Waals surface area contributed by atoms with Crippen LogP contribution in [0.3, 0.4) is 0 Å². The summed E-state index contributed by atoms with van der Waals surface area (Å²) in [5.41, 5.74) is 1.10. The number of hydrogen-bond donors (Lipinski definition) is 4. The molecule has 1 amide bonds. The average molecular weight is 527 g/mol. The normalized spacial score (nSPS) is 13.1. The molecule has 2 atom stereocenters. The third-order valence-corrected chi connectivity index (χ3v) is 6.66. The first-order valence-electron chi connectivity index (χ1n) is 14.0. The lowest BCUT2D eigenvalue weighted by molar-refractivity contribution is 0.0718. The van der Waals surface area contributed by atoms with Gasteiger partial charge in [0.1, 0.15) is 5.69 Å². The lowest BCUT2D eigenvalue weighted by atomic mass is 10.1. The average Bonchev–Trinajstić information content (AvgIpc) is 2.90. The van der Waals surface area contributed by atoms with Gasteiger partial charge < -0.3 is 20.6 Å². The van der Waals surface area contributed by atoms with Crippen molar-refractivity contribution in [2.24, 2.45) is 10.2 Å². The maximum Gasteiger partial charge on any atom is 0.256 e. The van der Waals surface area contributed by atoms with Gasteiger partial charge in [-0.05, 0) is 63.4 Å². The van der Waals surface area contributed by atoms with Gasteiger partial charge in [0.2, 0.25) is 5.88 Å². The number of nitrogens with one attached hydrogen (secondary N) is 3. The van der Waals surface area contributed by atoms with Crippen LogP contribution >= 0.6 is 0 Å². The molecule has 9 nitrogen and oxygen atoms in total. The van der Waals surface area contributed by atoms with Crippen LogP contribution in [-0.4, -0.2) is 59.2 Å². The van der Waals surface area contributed by atoms with E-state index < -0.39 is 5.56 Å². The van der Waals surface area contributed by atoms with Gasteiger partial charge in [0.25, 0.3) is 11.5 Å². The minimum Gasteiger partial charge on any atom is -0.493 e. The highest BCUT2D eigenvalue weighted by atomic mass is 16.3. The second-order valence-corrected chi connectivity index (χ2v) is 9.77. The molecule has 2 rings (SSSR count). The summed E-state index contributed by atoms with van der Waals surface area (Å²) in [6.45, 7) is 13.3. The zero-order valence-electron chi connectivity index (χ0n) is 23.7. The Morgan fingerprint density at radius 3 is 2.08 bits per heavy atom. The van der Waals surface area contributed by atoms with Gasteiger partial charge in [-0.1, -0.05) is 52.7 Å². The summed E-state index contributed by atoms with van der Waals surface area (Å²) in [6.07, 6.45) is 6.27. The summed E-state index contributed by atoms with van der Waals surface area (Å²) in [7, 11) is 0. The molecule has 0 radical (unpaired) electrons. The van der Waals surface area contributed by atoms with Crippen molar-refractivity contribution in [2.45, 2.75) is 85.2 Å². The van der Waals surface area contributed by atoms with Crippen LogP contribution in [0, 0.1) is 6.92 Å². The molecule has 0 aliphatic heterocycles. The Bertz CT molecular complexity index is 1040. The molecule has 0 aliphatic carbocycles. The van der Waals surface area contributed by atoms with Crippen LogP contribution in [0.1, 0.15) is 82.1 Å². The third kappa shape index (κ3) is 9.68. The number of amides is 1. The van der Waals surface area contributed by atoms with Gasteiger partial charge in [0, 0.05) is 31.2 Å². The summed E-state index contributed by atoms with van der Waals surface area (Å²) in [5.74, 6) is -0.453. The molecule has 0 fully saturated rings. The Hall–Kier alpha value is -3.04. The zero-order chi connectivity index (χ0) is 27.9. The van der Waals surface area contributed by atoms with Crippen LogP contribution in [-0.2, 0) is 0 Å². The van der Waals surface area contributed by atoms with Crippen molar-refractivity contribution in [2.75, 3.05) is 26.2 Å². The van der Waals surface area contributed by atoms with E-state index in [0.29, 0.717) is 29.9 Å². The van der Waals surface area contributed by atoms with Crippen LogP contribution in [0.25, 0.3) is 0 Å². The highest BCUT2D eigenvalue weighted by molar-refractivity contribution is 5.99. The number of carbonyl (C=O) groups is 1. The first-order chi connectivity index (χ1) is 18.3. The number of nitrogens with zero attached hydrogens (tertiary/aromatic N) is 3. The number of aromatic hydroxyl groups is 1. The standard InChI is InChI=1S/C29H46N6O3/c1-6-10-16-30-22(8-3)19-35(20-23(9-4)31-17-11-7-2)29(38)24-14-12-13-15-25(24)33-34-27-21(5)18-26(36)32-28(27)37/h12-15,18,22-23,30-31H,6-11,16-17,19-20H2,1-5H3,(H2,32,36,37). The van der Waals surface area contributed by atoms with Crippen LogP contribution in [0.2, 0.25) is 0 Å². The minimum atomic E-state index is -0.416. The molecule has 0 saturated carbocycles. The molecule has 0 spiro atoms. The number of azo groups is 1. The summed E-state index contributed by atoms with van der Waals surface area (Å²) in [6, 6.07) is 8.85. The number of aromatic amines is 1. The Morgan fingerprint density at radius 2 is 1.55 bits per heavy atom. The molecule has 1 aromatic carbocycles. The van der Waals surface area contributed by atoms with E-state index in [1.165, 1.54) is 6.07 Å². The van der Waals surface area contributed by atoms with Gasteiger partial charge in [-0.2, -0.15) is 0 Å². The molecule has 0 aliphatic rings. The summed E-state index contributed by atoms with van der Waals surface area (Å²) in [4.78, 5) is 29.8. The predicted octanol–water partition coefficient (Wildman–Crippen LogP) is 5.58. The van der Waals surface area contributed by atoms with Crippen molar-refractivity contribution >= 4 is 17.3 Å². The van der Waals surface area contributed by atoms with E-state index in [0.717, 1.165) is 51.6 Å². The lowest BCUT2D eigenvalue weighted by Gasteiger charge is -2.32. The van der Waals surface area contributed by atoms with Crippen molar-refractivity contribution in [1.82, 2.24) is 20.5 Å². The number of rotatable bonds is 17. The number of H-pyrrole nitrogens is 1. The van der Waals surface area contributed by atoms with E-state index in [9.17, 15) is 14.7 Å². The molecular formula is C29H46N6O3. The maximum atomic E-state index is 14.0. The van der Waals surface area contributed by atoms with Gasteiger partial charge in [-0.15, -0.1) is 10.2 Å². The second-order valence-electron chi connectivity index (χ2n) is 9.77. The molecule has 2 unspecified atom stereocenters. The number of aryl methyl sites for hydroxylation is 1. The molecule has 1 heterocycles. The van der Waals surface area contributed by atoms with Crippen LogP contribution in [0.5, 0.6) is 5.88 Å². The Balaban J connectivity index is 2.36. The van der Waals surface area contributed by atoms with E-state index in [-0.39, 0.29) is 29.6 Å². The molecule has 1 aromatic heterocycles. The fraction of sp³-hybridized carbons (Fsp3) is 0.586. The van der Waals surface area contributed by atoms with Crippen molar-refractivity contribution in [3.63, 3.8) is 0 Å². The quantitative estimate of drug-likeness (QED) is 0.158. The molecule has 4 N–H and O–H groups in total. The third-order valence-electron chi connectivity index (χ3n) is 6.66. The minimum absolute atomic E-state index is 0.103. The van der Waals surface area contributed by atoms with Gasteiger partial charge in [-0.3, -0.25) is 14.6 Å². The molecule has 2 aromatic rings. The summed E-state index contributed by atoms with van der Waals surface area (Å²) < 4.78 is 0. The van der Waals surface area contributed by atoms with E-state index in [1.807, 2.05) is 11.0 Å². The summed E-state index contributed by atoms with van der Waals surface area (Å²) >= 11 is 0. The molecule has 0 bridgehead atoms. The van der Waals surface area contributed by atoms with Crippen molar-refractivity contribution in [3.8, 4) is 5.88 Å². The van der Waals surface area contributed by atoms with E-state index in [4.69, 9.17) is 0 Å². The van der Waals surface area contributed by atoms with Gasteiger partial charge in [0.05, 0.1) is 11.3 Å². The number of carbonyl (C=O) groups excluding carboxylic acids is 1. The summed E-state index contributed by atoms with van der Waals surface area (Å²) in [5, 5.41) is 25.9. The zero-order valence-corrected chi connectivity index (χ0v) is 23.7. The highest BCUT2D eigenvalue weighted by Crippen LogP contribution is 2.29. The maximum absolute atomic E-state index is 14.0. The highest BCUT2D eigenvalue weighted by Gasteiger charge is 2.24. The number of aromatic nitrogens is 1. The Kier molecular flexibility index (Phi) is 13.7. The molecular weight excluding hydrogens is 480 g/mol. The van der Waals surface area contributed by atoms with Crippen LogP contribution < -0.4 is 16.2 Å². The Morgan fingerprint density at radius 1 is 0.974 bits per heavy atom. The first-order valence-corrected chi connectivity index (χ1v) is 14.0. The van der Waals surface area contributed by atoms with Crippen LogP contribution in [0.15, 0.2) is 45.4 Å². The van der Waals surface area contributed by atoms with E-state index in [1.54, 1.807) is 25.1 Å². The van der Waals surface area contributed by atoms with Crippen molar-refractivity contribution in [1.29, 1.82) is 0 Å². The van der Waals surface area contributed by atoms with E-state index >= 15 is 0 Å². The van der Waals surface area contributed by atoms with Gasteiger partial charge in [-0.25, -0.2) is 0 Å². The molecule has 210 valence electrons. The van der Waals surface area contributed by atoms with Crippen molar-refractivity contribution < 1.29 is 9.90 Å². The fourth-order valence-electron chi connectivity index (χ4n) is 4.22. The first kappa shape index (κ1) is 31.2. The number of hydrogen-bond acceptors (Lipinski definition) is 7. The molecule has 9 heteroatoms. The largest absolute Gasteiger partial charge is 0.493 e. The fourth-order valence-corrected chi connectivity index (χ4v) is 4.22. The smallest absolute Gasteiger partial charge is 0.256 e. The van der Waals surface area contributed by atoms with Crippen LogP contribution in [0.4, 0.5) is 11.4 Å². The monoisotopic (exact) mass is 526 g/mol. The topological polar surface area (TPSA) is 122 Å². The van der Waals surface area contributed by atoms with Crippen molar-refractivity contribution in [3.05, 3.63) is 51.8 Å². The number of pyridine rings is 1. The molecule has 38 heavy (non-hydrogen) atoms. The SMILES string of the molecule is CCCCNC(CC)CN(CC(CC)NCCCC)C(=O)c1ccccc1N=Nc1c(C)cc(=O)[nH]c1O. The predicted molar refractivity (Wildman–Crippen MR) is 154 cm³/mol. The van der Waals surface area contributed by atoms with Gasteiger partial charge in [0.15, 0.2) is 0 Å². The molecule has 0 saturated heterocycles.